The Balaban J connectivity index is 2.35. The number of epoxide rings is 1. The van der Waals surface area contributed by atoms with Crippen molar-refractivity contribution < 1.29 is 4.74 Å². The summed E-state index contributed by atoms with van der Waals surface area (Å²) in [5.41, 5.74) is 2.28. The Morgan fingerprint density at radius 1 is 1.67 bits per heavy atom. The zero-order valence-corrected chi connectivity index (χ0v) is 7.03. The molecule has 0 aromatic carbocycles. The molecule has 2 rings (SSSR count). The van der Waals surface area contributed by atoms with Gasteiger partial charge in [0.2, 0.25) is 0 Å². The third-order valence-electron chi connectivity index (χ3n) is 2.12. The molecule has 0 aliphatic carbocycles. The molecule has 2 nitrogen and oxygen atoms in total. The Bertz CT molecular complexity index is 308. The van der Waals surface area contributed by atoms with Crippen LogP contribution in [0.4, 0.5) is 0 Å². The first kappa shape index (κ1) is 7.50. The number of ether oxygens (including phenoxy) is 1. The van der Waals surface area contributed by atoms with Gasteiger partial charge in [0, 0.05) is 18.0 Å². The van der Waals surface area contributed by atoms with E-state index in [2.05, 4.69) is 18.5 Å². The summed E-state index contributed by atoms with van der Waals surface area (Å²) >= 11 is 0. The fraction of sp³-hybridized carbons (Fsp3) is 0.300. The lowest BCUT2D eigenvalue weighted by Gasteiger charge is -1.99. The highest BCUT2D eigenvalue weighted by Gasteiger charge is 2.36. The molecular weight excluding hydrogens is 150 g/mol. The molecule has 1 aromatic rings. The minimum Gasteiger partial charge on any atom is -0.365 e. The van der Waals surface area contributed by atoms with Gasteiger partial charge in [-0.05, 0) is 18.6 Å². The molecule has 2 heterocycles. The topological polar surface area (TPSA) is 25.4 Å². The molecule has 2 heteroatoms. The first-order valence-electron chi connectivity index (χ1n) is 4.04. The van der Waals surface area contributed by atoms with Gasteiger partial charge >= 0.3 is 0 Å². The van der Waals surface area contributed by atoms with Gasteiger partial charge in [-0.2, -0.15) is 0 Å². The first-order chi connectivity index (χ1) is 5.83. The van der Waals surface area contributed by atoms with E-state index in [-0.39, 0.29) is 6.10 Å². The van der Waals surface area contributed by atoms with Crippen LogP contribution in [-0.2, 0) is 4.74 Å². The van der Waals surface area contributed by atoms with E-state index in [4.69, 9.17) is 4.74 Å². The lowest BCUT2D eigenvalue weighted by molar-refractivity contribution is 0.382. The second kappa shape index (κ2) is 2.72. The predicted octanol–water partition coefficient (Wildman–Crippen LogP) is 2.18. The molecule has 0 bridgehead atoms. The average Bonchev–Trinajstić information content (AvgIpc) is 2.83. The van der Waals surface area contributed by atoms with Crippen molar-refractivity contribution in [3.05, 3.63) is 36.2 Å². The van der Waals surface area contributed by atoms with E-state index in [1.807, 2.05) is 18.3 Å². The van der Waals surface area contributed by atoms with Gasteiger partial charge in [-0.15, -0.1) is 0 Å². The summed E-state index contributed by atoms with van der Waals surface area (Å²) < 4.78 is 5.36. The highest BCUT2D eigenvalue weighted by molar-refractivity contribution is 5.52. The van der Waals surface area contributed by atoms with Gasteiger partial charge < -0.3 is 4.74 Å². The Kier molecular flexibility index (Phi) is 1.70. The van der Waals surface area contributed by atoms with E-state index in [9.17, 15) is 0 Å². The molecule has 0 radical (unpaired) electrons. The number of rotatable bonds is 2. The van der Waals surface area contributed by atoms with Crippen LogP contribution in [0.1, 0.15) is 24.2 Å². The third-order valence-corrected chi connectivity index (χ3v) is 2.12. The van der Waals surface area contributed by atoms with Gasteiger partial charge in [-0.1, -0.05) is 12.7 Å². The highest BCUT2D eigenvalue weighted by Crippen LogP contribution is 2.39. The van der Waals surface area contributed by atoms with E-state index in [1.54, 1.807) is 6.20 Å². The smallest absolute Gasteiger partial charge is 0.111 e. The van der Waals surface area contributed by atoms with E-state index < -0.39 is 0 Å². The molecule has 1 aliphatic rings. The van der Waals surface area contributed by atoms with Crippen molar-refractivity contribution in [2.45, 2.75) is 19.1 Å². The van der Waals surface area contributed by atoms with Gasteiger partial charge in [0.25, 0.3) is 0 Å². The number of hydrogen-bond donors (Lipinski definition) is 0. The fourth-order valence-corrected chi connectivity index (χ4v) is 1.35. The lowest BCUT2D eigenvalue weighted by atomic mass is 10.1. The quantitative estimate of drug-likeness (QED) is 0.621. The molecule has 0 saturated carbocycles. The number of hydrogen-bond acceptors (Lipinski definition) is 2. The van der Waals surface area contributed by atoms with Crippen LogP contribution in [0.15, 0.2) is 25.0 Å². The maximum Gasteiger partial charge on any atom is 0.111 e. The van der Waals surface area contributed by atoms with Crippen LogP contribution in [0, 0.1) is 0 Å². The van der Waals surface area contributed by atoms with E-state index in [1.165, 1.54) is 0 Å². The Morgan fingerprint density at radius 3 is 3.00 bits per heavy atom. The van der Waals surface area contributed by atoms with Crippen molar-refractivity contribution in [3.8, 4) is 0 Å². The summed E-state index contributed by atoms with van der Waals surface area (Å²) in [6.45, 7) is 5.80. The zero-order valence-electron chi connectivity index (χ0n) is 7.03. The summed E-state index contributed by atoms with van der Waals surface area (Å²) in [7, 11) is 0. The molecule has 0 amide bonds. The monoisotopic (exact) mass is 161 g/mol. The van der Waals surface area contributed by atoms with Crippen LogP contribution in [0.5, 0.6) is 0 Å². The van der Waals surface area contributed by atoms with Gasteiger partial charge in [0.15, 0.2) is 0 Å². The van der Waals surface area contributed by atoms with E-state index >= 15 is 0 Å². The largest absolute Gasteiger partial charge is 0.365 e. The van der Waals surface area contributed by atoms with Crippen molar-refractivity contribution in [1.82, 2.24) is 4.98 Å². The Hall–Kier alpha value is -1.15. The summed E-state index contributed by atoms with van der Waals surface area (Å²) in [5, 5.41) is 0. The molecule has 1 aromatic heterocycles. The lowest BCUT2D eigenvalue weighted by Crippen LogP contribution is -1.89. The molecule has 0 spiro atoms. The molecule has 0 N–H and O–H groups in total. The van der Waals surface area contributed by atoms with Gasteiger partial charge in [0.05, 0.1) is 6.10 Å². The molecule has 1 saturated heterocycles. The maximum atomic E-state index is 5.36. The van der Waals surface area contributed by atoms with E-state index in [0.717, 1.165) is 11.1 Å². The van der Waals surface area contributed by atoms with Crippen molar-refractivity contribution in [3.63, 3.8) is 0 Å². The van der Waals surface area contributed by atoms with Crippen LogP contribution < -0.4 is 0 Å². The minimum atomic E-state index is 0.242. The molecule has 12 heavy (non-hydrogen) atoms. The van der Waals surface area contributed by atoms with Gasteiger partial charge in [-0.3, -0.25) is 4.98 Å². The van der Waals surface area contributed by atoms with Crippen molar-refractivity contribution >= 4 is 6.08 Å². The predicted molar refractivity (Wildman–Crippen MR) is 47.6 cm³/mol. The molecular formula is C10H11NO. The standard InChI is InChI=1S/C10H11NO/c1-3-8-4-5-11-6-9(8)10-7(2)12-10/h3-7,10H,1H2,2H3. The molecule has 62 valence electrons. The SMILES string of the molecule is C=Cc1ccncc1C1OC1C. The highest BCUT2D eigenvalue weighted by atomic mass is 16.6. The second-order valence-corrected chi connectivity index (χ2v) is 2.97. The van der Waals surface area contributed by atoms with Crippen LogP contribution in [0.25, 0.3) is 6.08 Å². The fourth-order valence-electron chi connectivity index (χ4n) is 1.35. The Labute approximate surface area is 71.9 Å². The van der Waals surface area contributed by atoms with Crippen LogP contribution in [0.3, 0.4) is 0 Å². The maximum absolute atomic E-state index is 5.36. The summed E-state index contributed by atoms with van der Waals surface area (Å²) in [6.07, 6.45) is 6.05. The van der Waals surface area contributed by atoms with Crippen molar-refractivity contribution in [1.29, 1.82) is 0 Å². The number of nitrogens with zero attached hydrogens (tertiary/aromatic N) is 1. The van der Waals surface area contributed by atoms with Crippen LogP contribution in [-0.4, -0.2) is 11.1 Å². The molecule has 1 fully saturated rings. The van der Waals surface area contributed by atoms with Crippen LogP contribution >= 0.6 is 0 Å². The second-order valence-electron chi connectivity index (χ2n) is 2.97. The van der Waals surface area contributed by atoms with Gasteiger partial charge in [-0.25, -0.2) is 0 Å². The average molecular weight is 161 g/mol. The van der Waals surface area contributed by atoms with E-state index in [0.29, 0.717) is 6.10 Å². The molecule has 2 atom stereocenters. The summed E-state index contributed by atoms with van der Waals surface area (Å²) in [6, 6.07) is 1.96. The normalized spacial score (nSPS) is 26.8. The molecule has 1 aliphatic heterocycles. The number of aromatic nitrogens is 1. The van der Waals surface area contributed by atoms with Gasteiger partial charge in [0.1, 0.15) is 6.10 Å². The number of pyridine rings is 1. The minimum absolute atomic E-state index is 0.242. The van der Waals surface area contributed by atoms with Crippen molar-refractivity contribution in [2.75, 3.05) is 0 Å². The van der Waals surface area contributed by atoms with Crippen molar-refractivity contribution in [2.24, 2.45) is 0 Å². The summed E-state index contributed by atoms with van der Waals surface area (Å²) in [5.74, 6) is 0. The summed E-state index contributed by atoms with van der Waals surface area (Å²) in [4.78, 5) is 4.06. The first-order valence-corrected chi connectivity index (χ1v) is 4.04. The zero-order chi connectivity index (χ0) is 8.55. The van der Waals surface area contributed by atoms with Crippen LogP contribution in [0.2, 0.25) is 0 Å². The molecule has 2 unspecified atom stereocenters. The third kappa shape index (κ3) is 1.14. The Morgan fingerprint density at radius 2 is 2.42 bits per heavy atom.